The smallest absolute Gasteiger partial charge is 0.208 e. The van der Waals surface area contributed by atoms with E-state index in [0.717, 1.165) is 36.8 Å². The molecule has 0 amide bonds. The molecule has 1 atom stereocenters. The third-order valence-corrected chi connectivity index (χ3v) is 4.70. The molecule has 1 N–H and O–H groups in total. The van der Waals surface area contributed by atoms with Crippen molar-refractivity contribution in [3.8, 4) is 0 Å². The maximum atomic E-state index is 11.2. The lowest BCUT2D eigenvalue weighted by Gasteiger charge is -2.33. The Labute approximate surface area is 136 Å². The Kier molecular flexibility index (Phi) is 4.56. The van der Waals surface area contributed by atoms with E-state index in [9.17, 15) is 8.42 Å². The van der Waals surface area contributed by atoms with Gasteiger partial charge < -0.3 is 4.42 Å². The van der Waals surface area contributed by atoms with Gasteiger partial charge in [-0.15, -0.1) is 0 Å². The average molecular weight is 338 g/mol. The average Bonchev–Trinajstić information content (AvgIpc) is 3.06. The predicted molar refractivity (Wildman–Crippen MR) is 86.3 cm³/mol. The van der Waals surface area contributed by atoms with Crippen LogP contribution in [0.3, 0.4) is 0 Å². The standard InChI is InChI=1S/C15H22N4O3S/c1-12-3-4-15(22-12)11-18-9-13-5-7-16-19(13)14(10-18)6-8-17-23(2,20)21/h3-5,7,14,17H,6,8-11H2,1-2H3/t14-/m1/s1. The van der Waals surface area contributed by atoms with E-state index in [2.05, 4.69) is 14.7 Å². The van der Waals surface area contributed by atoms with E-state index in [1.165, 1.54) is 6.26 Å². The minimum absolute atomic E-state index is 0.152. The van der Waals surface area contributed by atoms with Crippen LogP contribution in [0.2, 0.25) is 0 Å². The highest BCUT2D eigenvalue weighted by Gasteiger charge is 2.26. The number of nitrogens with one attached hydrogen (secondary N) is 1. The van der Waals surface area contributed by atoms with Gasteiger partial charge in [0.25, 0.3) is 0 Å². The Morgan fingerprint density at radius 2 is 2.22 bits per heavy atom. The lowest BCUT2D eigenvalue weighted by molar-refractivity contribution is 0.151. The van der Waals surface area contributed by atoms with Gasteiger partial charge in [0.05, 0.1) is 24.5 Å². The van der Waals surface area contributed by atoms with Gasteiger partial charge in [-0.25, -0.2) is 13.1 Å². The van der Waals surface area contributed by atoms with Gasteiger partial charge in [0.2, 0.25) is 10.0 Å². The summed E-state index contributed by atoms with van der Waals surface area (Å²) in [5.41, 5.74) is 1.14. The summed E-state index contributed by atoms with van der Waals surface area (Å²) in [5.74, 6) is 1.86. The zero-order valence-corrected chi connectivity index (χ0v) is 14.2. The minimum Gasteiger partial charge on any atom is -0.465 e. The zero-order valence-electron chi connectivity index (χ0n) is 13.4. The molecule has 2 aromatic rings. The Morgan fingerprint density at radius 3 is 2.91 bits per heavy atom. The van der Waals surface area contributed by atoms with E-state index in [1.54, 1.807) is 6.20 Å². The van der Waals surface area contributed by atoms with E-state index < -0.39 is 10.0 Å². The third kappa shape index (κ3) is 4.21. The van der Waals surface area contributed by atoms with Gasteiger partial charge in [-0.05, 0) is 31.5 Å². The van der Waals surface area contributed by atoms with Crippen LogP contribution in [0.4, 0.5) is 0 Å². The molecule has 0 fully saturated rings. The molecule has 1 aliphatic rings. The molecule has 126 valence electrons. The summed E-state index contributed by atoms with van der Waals surface area (Å²) in [6.45, 7) is 4.73. The second-order valence-corrected chi connectivity index (χ2v) is 7.89. The fraction of sp³-hybridized carbons (Fsp3) is 0.533. The summed E-state index contributed by atoms with van der Waals surface area (Å²) in [5, 5.41) is 4.39. The van der Waals surface area contributed by atoms with Gasteiger partial charge in [-0.1, -0.05) is 0 Å². The number of hydrogen-bond donors (Lipinski definition) is 1. The Balaban J connectivity index is 1.67. The molecule has 23 heavy (non-hydrogen) atoms. The summed E-state index contributed by atoms with van der Waals surface area (Å²) in [4.78, 5) is 2.31. The molecule has 3 rings (SSSR count). The van der Waals surface area contributed by atoms with Crippen molar-refractivity contribution in [3.05, 3.63) is 41.6 Å². The van der Waals surface area contributed by atoms with Crippen molar-refractivity contribution in [2.24, 2.45) is 0 Å². The lowest BCUT2D eigenvalue weighted by atomic mass is 10.1. The first-order chi connectivity index (χ1) is 10.9. The SMILES string of the molecule is Cc1ccc(CN2Cc3ccnn3[C@H](CCNS(C)(=O)=O)C2)o1. The molecule has 8 heteroatoms. The van der Waals surface area contributed by atoms with Gasteiger partial charge >= 0.3 is 0 Å². The molecule has 0 aliphatic carbocycles. The van der Waals surface area contributed by atoms with Crippen molar-refractivity contribution in [3.63, 3.8) is 0 Å². The quantitative estimate of drug-likeness (QED) is 0.858. The van der Waals surface area contributed by atoms with Crippen molar-refractivity contribution in [1.82, 2.24) is 19.4 Å². The van der Waals surface area contributed by atoms with Crippen LogP contribution < -0.4 is 4.72 Å². The molecule has 1 aliphatic heterocycles. The number of aromatic nitrogens is 2. The number of sulfonamides is 1. The molecule has 0 spiro atoms. The van der Waals surface area contributed by atoms with Crippen LogP contribution in [0, 0.1) is 6.92 Å². The van der Waals surface area contributed by atoms with Crippen molar-refractivity contribution < 1.29 is 12.8 Å². The van der Waals surface area contributed by atoms with Gasteiger partial charge in [-0.3, -0.25) is 9.58 Å². The van der Waals surface area contributed by atoms with Crippen molar-refractivity contribution in [2.75, 3.05) is 19.3 Å². The molecule has 0 bridgehead atoms. The zero-order chi connectivity index (χ0) is 16.4. The van der Waals surface area contributed by atoms with Crippen molar-refractivity contribution in [1.29, 1.82) is 0 Å². The number of rotatable bonds is 6. The molecule has 0 saturated carbocycles. The first-order valence-corrected chi connectivity index (χ1v) is 9.54. The lowest BCUT2D eigenvalue weighted by Crippen LogP contribution is -2.38. The molecule has 0 radical (unpaired) electrons. The van der Waals surface area contributed by atoms with E-state index in [-0.39, 0.29) is 6.04 Å². The minimum atomic E-state index is -3.16. The maximum absolute atomic E-state index is 11.2. The van der Waals surface area contributed by atoms with E-state index >= 15 is 0 Å². The molecular weight excluding hydrogens is 316 g/mol. The van der Waals surface area contributed by atoms with E-state index in [1.807, 2.05) is 29.8 Å². The van der Waals surface area contributed by atoms with Crippen LogP contribution in [-0.2, 0) is 23.1 Å². The number of nitrogens with zero attached hydrogens (tertiary/aromatic N) is 3. The fourth-order valence-corrected chi connectivity index (χ4v) is 3.49. The van der Waals surface area contributed by atoms with Crippen LogP contribution in [0.25, 0.3) is 0 Å². The van der Waals surface area contributed by atoms with Crippen molar-refractivity contribution >= 4 is 10.0 Å². The number of hydrogen-bond acceptors (Lipinski definition) is 5. The van der Waals surface area contributed by atoms with Gasteiger partial charge in [0, 0.05) is 25.8 Å². The van der Waals surface area contributed by atoms with Gasteiger partial charge in [0.1, 0.15) is 11.5 Å². The summed E-state index contributed by atoms with van der Waals surface area (Å²) in [6.07, 6.45) is 3.68. The summed E-state index contributed by atoms with van der Waals surface area (Å²) in [6, 6.07) is 6.13. The van der Waals surface area contributed by atoms with Gasteiger partial charge in [0.15, 0.2) is 0 Å². The monoisotopic (exact) mass is 338 g/mol. The summed E-state index contributed by atoms with van der Waals surface area (Å²) in [7, 11) is -3.16. The Bertz CT molecular complexity index is 765. The highest BCUT2D eigenvalue weighted by molar-refractivity contribution is 7.88. The molecule has 0 aromatic carbocycles. The Morgan fingerprint density at radius 1 is 1.39 bits per heavy atom. The maximum Gasteiger partial charge on any atom is 0.208 e. The second-order valence-electron chi connectivity index (χ2n) is 6.06. The van der Waals surface area contributed by atoms with Crippen LogP contribution in [0.1, 0.15) is 29.7 Å². The Hall–Kier alpha value is -1.64. The first-order valence-electron chi connectivity index (χ1n) is 7.65. The summed E-state index contributed by atoms with van der Waals surface area (Å²) < 4.78 is 32.7. The molecule has 0 saturated heterocycles. The van der Waals surface area contributed by atoms with Crippen LogP contribution in [0.15, 0.2) is 28.8 Å². The molecular formula is C15H22N4O3S. The topological polar surface area (TPSA) is 80.4 Å². The predicted octanol–water partition coefficient (Wildman–Crippen LogP) is 1.28. The van der Waals surface area contributed by atoms with Crippen molar-refractivity contribution in [2.45, 2.75) is 32.5 Å². The largest absolute Gasteiger partial charge is 0.465 e. The highest BCUT2D eigenvalue weighted by Crippen LogP contribution is 2.24. The number of furan rings is 1. The number of fused-ring (bicyclic) bond motifs is 1. The normalized spacial score (nSPS) is 19.0. The molecule has 2 aromatic heterocycles. The highest BCUT2D eigenvalue weighted by atomic mass is 32.2. The third-order valence-electron chi connectivity index (χ3n) is 3.97. The van der Waals surface area contributed by atoms with Gasteiger partial charge in [-0.2, -0.15) is 5.10 Å². The van der Waals surface area contributed by atoms with E-state index in [4.69, 9.17) is 4.42 Å². The fourth-order valence-electron chi connectivity index (χ4n) is 3.00. The molecule has 3 heterocycles. The van der Waals surface area contributed by atoms with Crippen LogP contribution in [0.5, 0.6) is 0 Å². The number of aryl methyl sites for hydroxylation is 1. The van der Waals surface area contributed by atoms with Crippen LogP contribution >= 0.6 is 0 Å². The van der Waals surface area contributed by atoms with Crippen LogP contribution in [-0.4, -0.2) is 42.4 Å². The first kappa shape index (κ1) is 16.2. The molecule has 0 unspecified atom stereocenters. The van der Waals surface area contributed by atoms with E-state index in [0.29, 0.717) is 13.0 Å². The summed E-state index contributed by atoms with van der Waals surface area (Å²) >= 11 is 0. The second kappa shape index (κ2) is 6.46. The molecule has 7 nitrogen and oxygen atoms in total.